The summed E-state index contributed by atoms with van der Waals surface area (Å²) in [4.78, 5) is 20.3. The van der Waals surface area contributed by atoms with Crippen LogP contribution < -0.4 is 0 Å². The van der Waals surface area contributed by atoms with Crippen LogP contribution in [0.2, 0.25) is 0 Å². The maximum Gasteiger partial charge on any atom is 0.376 e. The summed E-state index contributed by atoms with van der Waals surface area (Å²) >= 11 is 0. The molecule has 0 heterocycles. The Morgan fingerprint density at radius 1 is 1.27 bits per heavy atom. The fraction of sp³-hybridized carbons (Fsp3) is 0.364. The lowest BCUT2D eigenvalue weighted by atomic mass is 10.2. The number of rotatable bonds is 6. The molecule has 0 aliphatic rings. The smallest absolute Gasteiger partial charge is 0.263 e. The van der Waals surface area contributed by atoms with Crippen LogP contribution in [0.25, 0.3) is 0 Å². The van der Waals surface area contributed by atoms with Gasteiger partial charge in [-0.05, 0) is 23.6 Å². The third-order valence-electron chi connectivity index (χ3n) is 1.75. The molecule has 0 saturated carbocycles. The van der Waals surface area contributed by atoms with Gasteiger partial charge in [-0.15, -0.1) is 0 Å². The van der Waals surface area contributed by atoms with E-state index in [0.29, 0.717) is 12.2 Å². The SMILES string of the molecule is CCCCOOOC(=O)c1ccccc1. The first-order valence-electron chi connectivity index (χ1n) is 4.90. The van der Waals surface area contributed by atoms with Gasteiger partial charge in [0.15, 0.2) is 0 Å². The predicted octanol–water partition coefficient (Wildman–Crippen LogP) is 2.51. The van der Waals surface area contributed by atoms with Crippen LogP contribution in [-0.2, 0) is 14.8 Å². The van der Waals surface area contributed by atoms with E-state index >= 15 is 0 Å². The van der Waals surface area contributed by atoms with Gasteiger partial charge in [-0.1, -0.05) is 31.5 Å². The minimum atomic E-state index is -0.563. The second-order valence-electron chi connectivity index (χ2n) is 2.98. The van der Waals surface area contributed by atoms with Crippen molar-refractivity contribution in [3.05, 3.63) is 35.9 Å². The van der Waals surface area contributed by atoms with Crippen molar-refractivity contribution in [3.63, 3.8) is 0 Å². The molecule has 0 spiro atoms. The molecule has 15 heavy (non-hydrogen) atoms. The average Bonchev–Trinajstić information content (AvgIpc) is 2.30. The third-order valence-corrected chi connectivity index (χ3v) is 1.75. The molecule has 0 bridgehead atoms. The van der Waals surface area contributed by atoms with E-state index in [-0.39, 0.29) is 0 Å². The molecule has 0 amide bonds. The Kier molecular flexibility index (Phi) is 5.43. The van der Waals surface area contributed by atoms with Crippen molar-refractivity contribution >= 4 is 5.97 Å². The molecule has 82 valence electrons. The van der Waals surface area contributed by atoms with E-state index in [4.69, 9.17) is 0 Å². The van der Waals surface area contributed by atoms with Gasteiger partial charge in [-0.25, -0.2) is 4.79 Å². The van der Waals surface area contributed by atoms with Crippen molar-refractivity contribution in [1.82, 2.24) is 0 Å². The highest BCUT2D eigenvalue weighted by Crippen LogP contribution is 2.01. The zero-order valence-corrected chi connectivity index (χ0v) is 8.64. The molecule has 1 aromatic carbocycles. The molecule has 0 aromatic heterocycles. The Morgan fingerprint density at radius 3 is 2.67 bits per heavy atom. The lowest BCUT2D eigenvalue weighted by Gasteiger charge is -2.01. The van der Waals surface area contributed by atoms with Gasteiger partial charge in [0.2, 0.25) is 0 Å². The molecule has 0 aliphatic carbocycles. The fourth-order valence-electron chi connectivity index (χ4n) is 0.915. The highest BCUT2D eigenvalue weighted by atomic mass is 17.5. The van der Waals surface area contributed by atoms with E-state index in [9.17, 15) is 4.79 Å². The van der Waals surface area contributed by atoms with E-state index in [1.807, 2.05) is 13.0 Å². The van der Waals surface area contributed by atoms with Crippen molar-refractivity contribution in [2.45, 2.75) is 19.8 Å². The molecule has 0 fully saturated rings. The van der Waals surface area contributed by atoms with Crippen molar-refractivity contribution in [2.75, 3.05) is 6.61 Å². The van der Waals surface area contributed by atoms with E-state index in [2.05, 4.69) is 14.8 Å². The van der Waals surface area contributed by atoms with E-state index in [1.165, 1.54) is 0 Å². The highest BCUT2D eigenvalue weighted by molar-refractivity contribution is 5.88. The van der Waals surface area contributed by atoms with E-state index in [1.54, 1.807) is 24.3 Å². The quantitative estimate of drug-likeness (QED) is 0.411. The number of carbonyl (C=O) groups excluding carboxylic acids is 1. The molecule has 0 N–H and O–H groups in total. The summed E-state index contributed by atoms with van der Waals surface area (Å²) in [6, 6.07) is 8.58. The molecular formula is C11H14O4. The molecule has 0 atom stereocenters. The summed E-state index contributed by atoms with van der Waals surface area (Å²) in [6.07, 6.45) is 1.86. The third kappa shape index (κ3) is 4.58. The van der Waals surface area contributed by atoms with Crippen LogP contribution in [0.15, 0.2) is 30.3 Å². The van der Waals surface area contributed by atoms with Crippen LogP contribution in [0, 0.1) is 0 Å². The Morgan fingerprint density at radius 2 is 2.00 bits per heavy atom. The van der Waals surface area contributed by atoms with Crippen LogP contribution in [0.1, 0.15) is 30.1 Å². The second-order valence-corrected chi connectivity index (χ2v) is 2.98. The summed E-state index contributed by atoms with van der Waals surface area (Å²) in [5.74, 6) is -0.563. The second kappa shape index (κ2) is 6.98. The molecule has 1 aromatic rings. The minimum absolute atomic E-state index is 0.415. The van der Waals surface area contributed by atoms with Crippen LogP contribution in [0.3, 0.4) is 0 Å². The van der Waals surface area contributed by atoms with Crippen LogP contribution in [-0.4, -0.2) is 12.6 Å². The molecule has 4 heteroatoms. The van der Waals surface area contributed by atoms with Crippen LogP contribution in [0.4, 0.5) is 0 Å². The number of benzene rings is 1. The lowest BCUT2D eigenvalue weighted by molar-refractivity contribution is -0.481. The first-order chi connectivity index (χ1) is 7.34. The Labute approximate surface area is 88.6 Å². The lowest BCUT2D eigenvalue weighted by Crippen LogP contribution is -2.07. The van der Waals surface area contributed by atoms with E-state index in [0.717, 1.165) is 12.8 Å². The van der Waals surface area contributed by atoms with E-state index < -0.39 is 5.97 Å². The number of hydrogen-bond acceptors (Lipinski definition) is 4. The average molecular weight is 210 g/mol. The molecule has 4 nitrogen and oxygen atoms in total. The largest absolute Gasteiger partial charge is 0.376 e. The van der Waals surface area contributed by atoms with Gasteiger partial charge in [-0.3, -0.25) is 4.89 Å². The normalized spacial score (nSPS) is 9.93. The number of unbranched alkanes of at least 4 members (excludes halogenated alkanes) is 1. The van der Waals surface area contributed by atoms with Crippen LogP contribution >= 0.6 is 0 Å². The van der Waals surface area contributed by atoms with Gasteiger partial charge in [0.25, 0.3) is 0 Å². The van der Waals surface area contributed by atoms with Gasteiger partial charge in [-0.2, -0.15) is 4.89 Å². The van der Waals surface area contributed by atoms with Crippen molar-refractivity contribution < 1.29 is 19.6 Å². The molecule has 1 rings (SSSR count). The number of hydrogen-bond donors (Lipinski definition) is 0. The zero-order valence-electron chi connectivity index (χ0n) is 8.64. The minimum Gasteiger partial charge on any atom is -0.263 e. The summed E-state index contributed by atoms with van der Waals surface area (Å²) in [6.45, 7) is 2.44. The van der Waals surface area contributed by atoms with Crippen molar-refractivity contribution in [2.24, 2.45) is 0 Å². The van der Waals surface area contributed by atoms with Crippen molar-refractivity contribution in [3.8, 4) is 0 Å². The van der Waals surface area contributed by atoms with Gasteiger partial charge in [0.1, 0.15) is 0 Å². The predicted molar refractivity (Wildman–Crippen MR) is 53.8 cm³/mol. The summed E-state index contributed by atoms with van der Waals surface area (Å²) in [5.41, 5.74) is 0.427. The Hall–Kier alpha value is -1.39. The van der Waals surface area contributed by atoms with Crippen molar-refractivity contribution in [1.29, 1.82) is 0 Å². The van der Waals surface area contributed by atoms with Gasteiger partial charge in [0, 0.05) is 0 Å². The van der Waals surface area contributed by atoms with Crippen LogP contribution in [0.5, 0.6) is 0 Å². The molecule has 0 radical (unpaired) electrons. The molecule has 0 unspecified atom stereocenters. The summed E-state index contributed by atoms with van der Waals surface area (Å²) in [5, 5.41) is 4.30. The molecular weight excluding hydrogens is 196 g/mol. The fourth-order valence-corrected chi connectivity index (χ4v) is 0.915. The highest BCUT2D eigenvalue weighted by Gasteiger charge is 2.06. The van der Waals surface area contributed by atoms with Gasteiger partial charge >= 0.3 is 5.97 Å². The number of carbonyl (C=O) groups is 1. The Bertz CT molecular complexity index is 284. The first-order valence-corrected chi connectivity index (χ1v) is 4.90. The van der Waals surface area contributed by atoms with Gasteiger partial charge < -0.3 is 0 Å². The topological polar surface area (TPSA) is 44.8 Å². The molecule has 0 aliphatic heterocycles. The summed E-state index contributed by atoms with van der Waals surface area (Å²) < 4.78 is 0. The maximum absolute atomic E-state index is 11.3. The maximum atomic E-state index is 11.3. The zero-order chi connectivity index (χ0) is 10.9. The molecule has 0 saturated heterocycles. The Balaban J connectivity index is 2.20. The summed E-state index contributed by atoms with van der Waals surface area (Å²) in [7, 11) is 0. The standard InChI is InChI=1S/C11H14O4/c1-2-3-9-13-15-14-11(12)10-7-5-4-6-8-10/h4-8H,2-3,9H2,1H3. The first kappa shape index (κ1) is 11.7. The monoisotopic (exact) mass is 210 g/mol. The van der Waals surface area contributed by atoms with Gasteiger partial charge in [0.05, 0.1) is 12.2 Å².